The normalized spacial score (nSPS) is 9.94. The number of unbranched alkanes of at least 4 members (excludes halogenated alkanes) is 1. The van der Waals surface area contributed by atoms with E-state index in [1.54, 1.807) is 12.1 Å². The molecule has 0 atom stereocenters. The number of ketones is 1. The highest BCUT2D eigenvalue weighted by atomic mass is 16.1. The highest BCUT2D eigenvalue weighted by Crippen LogP contribution is 2.00. The summed E-state index contributed by atoms with van der Waals surface area (Å²) in [6.07, 6.45) is 2.93. The molecule has 0 aliphatic carbocycles. The lowest BCUT2D eigenvalue weighted by Gasteiger charge is -2.04. The largest absolute Gasteiger partial charge is 0.352 e. The van der Waals surface area contributed by atoms with Crippen LogP contribution in [-0.2, 0) is 4.79 Å². The SMILES string of the molecule is CCC(=O)CCCCNC(=O)c1ccccc1. The van der Waals surface area contributed by atoms with Crippen LogP contribution in [0.4, 0.5) is 0 Å². The van der Waals surface area contributed by atoms with Gasteiger partial charge in [0.2, 0.25) is 0 Å². The summed E-state index contributed by atoms with van der Waals surface area (Å²) in [6.45, 7) is 2.50. The third kappa shape index (κ3) is 5.29. The zero-order valence-electron chi connectivity index (χ0n) is 10.2. The van der Waals surface area contributed by atoms with Crippen LogP contribution >= 0.6 is 0 Å². The van der Waals surface area contributed by atoms with Gasteiger partial charge in [0.1, 0.15) is 5.78 Å². The predicted octanol–water partition coefficient (Wildman–Crippen LogP) is 2.57. The number of nitrogens with one attached hydrogen (secondary N) is 1. The number of Topliss-reactive ketones (excluding diaryl/α,β-unsaturated/α-hetero) is 1. The molecule has 3 heteroatoms. The maximum atomic E-state index is 11.6. The molecule has 0 radical (unpaired) electrons. The number of rotatable bonds is 7. The minimum atomic E-state index is -0.0487. The van der Waals surface area contributed by atoms with Crippen LogP contribution in [-0.4, -0.2) is 18.2 Å². The van der Waals surface area contributed by atoms with E-state index in [0.717, 1.165) is 12.8 Å². The molecule has 1 N–H and O–H groups in total. The van der Waals surface area contributed by atoms with Crippen molar-refractivity contribution in [3.63, 3.8) is 0 Å². The van der Waals surface area contributed by atoms with E-state index in [-0.39, 0.29) is 5.91 Å². The van der Waals surface area contributed by atoms with E-state index in [4.69, 9.17) is 0 Å². The van der Waals surface area contributed by atoms with Crippen LogP contribution in [0.25, 0.3) is 0 Å². The smallest absolute Gasteiger partial charge is 0.251 e. The molecule has 0 fully saturated rings. The Balaban J connectivity index is 2.15. The van der Waals surface area contributed by atoms with Crippen LogP contribution in [0.15, 0.2) is 30.3 Å². The van der Waals surface area contributed by atoms with Crippen LogP contribution in [0.5, 0.6) is 0 Å². The van der Waals surface area contributed by atoms with Crippen molar-refractivity contribution in [1.29, 1.82) is 0 Å². The Morgan fingerprint density at radius 2 is 1.82 bits per heavy atom. The van der Waals surface area contributed by atoms with Crippen LogP contribution in [0, 0.1) is 0 Å². The first-order chi connectivity index (χ1) is 8.24. The van der Waals surface area contributed by atoms with Crippen molar-refractivity contribution in [3.05, 3.63) is 35.9 Å². The molecule has 3 nitrogen and oxygen atoms in total. The molecule has 0 aliphatic rings. The van der Waals surface area contributed by atoms with Crippen molar-refractivity contribution in [2.45, 2.75) is 32.6 Å². The summed E-state index contributed by atoms with van der Waals surface area (Å²) in [4.78, 5) is 22.7. The minimum absolute atomic E-state index is 0.0487. The van der Waals surface area contributed by atoms with Gasteiger partial charge in [0, 0.05) is 24.9 Å². The van der Waals surface area contributed by atoms with Gasteiger partial charge >= 0.3 is 0 Å². The standard InChI is InChI=1S/C14H19NO2/c1-2-13(16)10-6-7-11-15-14(17)12-8-4-3-5-9-12/h3-5,8-9H,2,6-7,10-11H2,1H3,(H,15,17). The van der Waals surface area contributed by atoms with Crippen molar-refractivity contribution >= 4 is 11.7 Å². The summed E-state index contributed by atoms with van der Waals surface area (Å²) < 4.78 is 0. The first kappa shape index (κ1) is 13.4. The summed E-state index contributed by atoms with van der Waals surface area (Å²) in [5.41, 5.74) is 0.678. The Labute approximate surface area is 102 Å². The average molecular weight is 233 g/mol. The molecule has 0 spiro atoms. The third-order valence-electron chi connectivity index (χ3n) is 2.60. The number of carbonyl (C=O) groups excluding carboxylic acids is 2. The van der Waals surface area contributed by atoms with Crippen molar-refractivity contribution in [1.82, 2.24) is 5.32 Å². The quantitative estimate of drug-likeness (QED) is 0.736. The van der Waals surface area contributed by atoms with Gasteiger partial charge < -0.3 is 5.32 Å². The molecule has 0 aliphatic heterocycles. The van der Waals surface area contributed by atoms with Crippen LogP contribution in [0.1, 0.15) is 43.0 Å². The zero-order valence-corrected chi connectivity index (χ0v) is 10.2. The highest BCUT2D eigenvalue weighted by Gasteiger charge is 2.03. The molecule has 1 aromatic carbocycles. The average Bonchev–Trinajstić information content (AvgIpc) is 2.38. The lowest BCUT2D eigenvalue weighted by atomic mass is 10.1. The molecular formula is C14H19NO2. The minimum Gasteiger partial charge on any atom is -0.352 e. The van der Waals surface area contributed by atoms with E-state index in [1.165, 1.54) is 0 Å². The van der Waals surface area contributed by atoms with Gasteiger partial charge in [0.25, 0.3) is 5.91 Å². The molecule has 1 amide bonds. The van der Waals surface area contributed by atoms with Crippen LogP contribution in [0.3, 0.4) is 0 Å². The second kappa shape index (κ2) is 7.60. The maximum Gasteiger partial charge on any atom is 0.251 e. The molecule has 0 unspecified atom stereocenters. The number of benzene rings is 1. The van der Waals surface area contributed by atoms with E-state index in [2.05, 4.69) is 5.32 Å². The van der Waals surface area contributed by atoms with E-state index < -0.39 is 0 Å². The predicted molar refractivity (Wildman–Crippen MR) is 67.9 cm³/mol. The Hall–Kier alpha value is -1.64. The lowest BCUT2D eigenvalue weighted by molar-refractivity contribution is -0.118. The van der Waals surface area contributed by atoms with Gasteiger partial charge in [-0.25, -0.2) is 0 Å². The molecule has 92 valence electrons. The van der Waals surface area contributed by atoms with Crippen molar-refractivity contribution in [2.75, 3.05) is 6.54 Å². The molecule has 0 bridgehead atoms. The Bertz CT molecular complexity index is 360. The highest BCUT2D eigenvalue weighted by molar-refractivity contribution is 5.94. The van der Waals surface area contributed by atoms with Gasteiger partial charge in [0.05, 0.1) is 0 Å². The summed E-state index contributed by atoms with van der Waals surface area (Å²) in [5, 5.41) is 2.84. The zero-order chi connectivity index (χ0) is 12.5. The molecule has 0 heterocycles. The first-order valence-electron chi connectivity index (χ1n) is 6.09. The molecule has 0 saturated heterocycles. The number of carbonyl (C=O) groups is 2. The lowest BCUT2D eigenvalue weighted by Crippen LogP contribution is -2.24. The molecular weight excluding hydrogens is 214 g/mol. The van der Waals surface area contributed by atoms with E-state index in [9.17, 15) is 9.59 Å². The summed E-state index contributed by atoms with van der Waals surface area (Å²) >= 11 is 0. The topological polar surface area (TPSA) is 46.2 Å². The summed E-state index contributed by atoms with van der Waals surface area (Å²) in [6, 6.07) is 9.14. The van der Waals surface area contributed by atoms with Crippen molar-refractivity contribution in [2.24, 2.45) is 0 Å². The van der Waals surface area contributed by atoms with Gasteiger partial charge in [-0.15, -0.1) is 0 Å². The number of hydrogen-bond acceptors (Lipinski definition) is 2. The molecule has 1 aromatic rings. The van der Waals surface area contributed by atoms with Crippen molar-refractivity contribution < 1.29 is 9.59 Å². The van der Waals surface area contributed by atoms with E-state index in [0.29, 0.717) is 30.7 Å². The Morgan fingerprint density at radius 3 is 2.47 bits per heavy atom. The van der Waals surface area contributed by atoms with E-state index >= 15 is 0 Å². The Morgan fingerprint density at radius 1 is 1.12 bits per heavy atom. The second-order valence-electron chi connectivity index (χ2n) is 3.97. The fraction of sp³-hybridized carbons (Fsp3) is 0.429. The molecule has 0 aromatic heterocycles. The summed E-state index contributed by atoms with van der Waals surface area (Å²) in [5.74, 6) is 0.242. The van der Waals surface area contributed by atoms with E-state index in [1.807, 2.05) is 25.1 Å². The molecule has 1 rings (SSSR count). The molecule has 0 saturated carbocycles. The van der Waals surface area contributed by atoms with Gasteiger partial charge in [-0.05, 0) is 25.0 Å². The second-order valence-corrected chi connectivity index (χ2v) is 3.97. The van der Waals surface area contributed by atoms with Gasteiger partial charge in [0.15, 0.2) is 0 Å². The number of amides is 1. The molecule has 17 heavy (non-hydrogen) atoms. The maximum absolute atomic E-state index is 11.6. The van der Waals surface area contributed by atoms with Gasteiger partial charge in [-0.1, -0.05) is 25.1 Å². The van der Waals surface area contributed by atoms with Gasteiger partial charge in [-0.3, -0.25) is 9.59 Å². The summed E-state index contributed by atoms with van der Waals surface area (Å²) in [7, 11) is 0. The van der Waals surface area contributed by atoms with Crippen molar-refractivity contribution in [3.8, 4) is 0 Å². The van der Waals surface area contributed by atoms with Crippen LogP contribution in [0.2, 0.25) is 0 Å². The first-order valence-corrected chi connectivity index (χ1v) is 6.09. The van der Waals surface area contributed by atoms with Gasteiger partial charge in [-0.2, -0.15) is 0 Å². The third-order valence-corrected chi connectivity index (χ3v) is 2.60. The fourth-order valence-electron chi connectivity index (χ4n) is 1.52. The fourth-order valence-corrected chi connectivity index (χ4v) is 1.52. The van der Waals surface area contributed by atoms with Crippen LogP contribution < -0.4 is 5.32 Å². The monoisotopic (exact) mass is 233 g/mol. The number of hydrogen-bond donors (Lipinski definition) is 1. The Kier molecular flexibility index (Phi) is 6.00.